The van der Waals surface area contributed by atoms with Crippen molar-refractivity contribution in [2.45, 2.75) is 25.8 Å². The van der Waals surface area contributed by atoms with Gasteiger partial charge in [-0.2, -0.15) is 0 Å². The first-order chi connectivity index (χ1) is 9.45. The summed E-state index contributed by atoms with van der Waals surface area (Å²) in [6.45, 7) is 1.71. The first-order valence-electron chi connectivity index (χ1n) is 6.17. The first-order valence-corrected chi connectivity index (χ1v) is 6.17. The predicted molar refractivity (Wildman–Crippen MR) is 70.0 cm³/mol. The maximum atomic E-state index is 13.0. The Morgan fingerprint density at radius 3 is 2.85 bits per heavy atom. The number of hydrogen-bond donors (Lipinski definition) is 2. The minimum atomic E-state index is -0.912. The fraction of sp³-hybridized carbons (Fsp3) is 0.286. The van der Waals surface area contributed by atoms with Crippen molar-refractivity contribution in [3.05, 3.63) is 35.8 Å². The zero-order valence-corrected chi connectivity index (χ0v) is 10.9. The molecule has 0 radical (unpaired) electrons. The maximum absolute atomic E-state index is 13.0. The minimum Gasteiger partial charge on any atom is -0.481 e. The van der Waals surface area contributed by atoms with Crippen LogP contribution in [0.3, 0.4) is 0 Å². The molecule has 0 bridgehead atoms. The van der Waals surface area contributed by atoms with Gasteiger partial charge in [0, 0.05) is 17.8 Å². The normalized spacial score (nSPS) is 12.3. The molecule has 1 heterocycles. The van der Waals surface area contributed by atoms with Crippen LogP contribution < -0.4 is 5.32 Å². The zero-order chi connectivity index (χ0) is 14.7. The average Bonchev–Trinajstić information content (AvgIpc) is 2.79. The standard InChI is InChI=1S/C14H14FNO4/c1-8(2-5-13(17)18)16-14(19)12-7-9-6-10(15)3-4-11(9)20-12/h3-4,6-8H,2,5H2,1H3,(H,16,19)(H,17,18)/t8-/m0/s1. The Morgan fingerprint density at radius 1 is 1.40 bits per heavy atom. The molecule has 1 aromatic carbocycles. The van der Waals surface area contributed by atoms with E-state index in [1.54, 1.807) is 6.92 Å². The molecule has 0 unspecified atom stereocenters. The predicted octanol–water partition coefficient (Wildman–Crippen LogP) is 2.56. The first kappa shape index (κ1) is 14.0. The molecular weight excluding hydrogens is 265 g/mol. The molecule has 1 aromatic heterocycles. The van der Waals surface area contributed by atoms with Crippen LogP contribution in [0.15, 0.2) is 28.7 Å². The lowest BCUT2D eigenvalue weighted by atomic mass is 10.2. The summed E-state index contributed by atoms with van der Waals surface area (Å²) >= 11 is 0. The fourth-order valence-electron chi connectivity index (χ4n) is 1.83. The van der Waals surface area contributed by atoms with E-state index in [0.29, 0.717) is 17.4 Å². The Balaban J connectivity index is 2.05. The molecule has 0 fully saturated rings. The van der Waals surface area contributed by atoms with Crippen molar-refractivity contribution in [3.8, 4) is 0 Å². The second kappa shape index (κ2) is 5.73. The molecule has 1 atom stereocenters. The second-order valence-corrected chi connectivity index (χ2v) is 4.60. The van der Waals surface area contributed by atoms with E-state index in [0.717, 1.165) is 0 Å². The van der Waals surface area contributed by atoms with E-state index >= 15 is 0 Å². The molecule has 2 rings (SSSR count). The number of benzene rings is 1. The summed E-state index contributed by atoms with van der Waals surface area (Å²) in [7, 11) is 0. The van der Waals surface area contributed by atoms with E-state index in [1.165, 1.54) is 24.3 Å². The molecule has 20 heavy (non-hydrogen) atoms. The second-order valence-electron chi connectivity index (χ2n) is 4.60. The van der Waals surface area contributed by atoms with Crippen molar-refractivity contribution in [1.29, 1.82) is 0 Å². The summed E-state index contributed by atoms with van der Waals surface area (Å²) in [5.74, 6) is -1.68. The summed E-state index contributed by atoms with van der Waals surface area (Å²) < 4.78 is 18.4. The van der Waals surface area contributed by atoms with Crippen molar-refractivity contribution >= 4 is 22.8 Å². The van der Waals surface area contributed by atoms with Crippen LogP contribution in [0.4, 0.5) is 4.39 Å². The van der Waals surface area contributed by atoms with Crippen LogP contribution in [0, 0.1) is 5.82 Å². The summed E-state index contributed by atoms with van der Waals surface area (Å²) in [6, 6.07) is 5.16. The number of carbonyl (C=O) groups is 2. The van der Waals surface area contributed by atoms with Gasteiger partial charge in [-0.15, -0.1) is 0 Å². The average molecular weight is 279 g/mol. The van der Waals surface area contributed by atoms with Gasteiger partial charge in [0.2, 0.25) is 0 Å². The SMILES string of the molecule is C[C@@H](CCC(=O)O)NC(=O)c1cc2cc(F)ccc2o1. The van der Waals surface area contributed by atoms with Gasteiger partial charge in [-0.1, -0.05) is 0 Å². The van der Waals surface area contributed by atoms with Crippen LogP contribution in [0.2, 0.25) is 0 Å². The monoisotopic (exact) mass is 279 g/mol. The van der Waals surface area contributed by atoms with Gasteiger partial charge in [-0.3, -0.25) is 9.59 Å². The van der Waals surface area contributed by atoms with Crippen LogP contribution in [0.1, 0.15) is 30.3 Å². The Bertz CT molecular complexity index is 650. The third-order valence-corrected chi connectivity index (χ3v) is 2.87. The highest BCUT2D eigenvalue weighted by atomic mass is 19.1. The van der Waals surface area contributed by atoms with Crippen LogP contribution in [0.5, 0.6) is 0 Å². The number of aliphatic carboxylic acids is 1. The topological polar surface area (TPSA) is 79.5 Å². The molecular formula is C14H14FNO4. The molecule has 0 spiro atoms. The lowest BCUT2D eigenvalue weighted by molar-refractivity contribution is -0.137. The van der Waals surface area contributed by atoms with Gasteiger partial charge in [0.25, 0.3) is 5.91 Å². The van der Waals surface area contributed by atoms with Crippen LogP contribution in [-0.2, 0) is 4.79 Å². The number of carboxylic acids is 1. The van der Waals surface area contributed by atoms with Crippen LogP contribution >= 0.6 is 0 Å². The Morgan fingerprint density at radius 2 is 2.15 bits per heavy atom. The molecule has 2 N–H and O–H groups in total. The van der Waals surface area contributed by atoms with Crippen LogP contribution in [0.25, 0.3) is 11.0 Å². The molecule has 0 saturated heterocycles. The summed E-state index contributed by atoms with van der Waals surface area (Å²) in [5, 5.41) is 11.7. The maximum Gasteiger partial charge on any atom is 0.303 e. The zero-order valence-electron chi connectivity index (χ0n) is 10.9. The Hall–Kier alpha value is -2.37. The lowest BCUT2D eigenvalue weighted by Gasteiger charge is -2.10. The van der Waals surface area contributed by atoms with Crippen LogP contribution in [-0.4, -0.2) is 23.0 Å². The van der Waals surface area contributed by atoms with Gasteiger partial charge in [0.05, 0.1) is 0 Å². The molecule has 0 saturated carbocycles. The number of amides is 1. The van der Waals surface area contributed by atoms with Gasteiger partial charge in [0.1, 0.15) is 11.4 Å². The highest BCUT2D eigenvalue weighted by molar-refractivity contribution is 5.96. The van der Waals surface area contributed by atoms with E-state index in [-0.39, 0.29) is 18.2 Å². The number of fused-ring (bicyclic) bond motifs is 1. The van der Waals surface area contributed by atoms with E-state index in [9.17, 15) is 14.0 Å². The largest absolute Gasteiger partial charge is 0.481 e. The van der Waals surface area contributed by atoms with Crippen molar-refractivity contribution in [3.63, 3.8) is 0 Å². The smallest absolute Gasteiger partial charge is 0.303 e. The number of furan rings is 1. The molecule has 6 heteroatoms. The Labute approximate surface area is 114 Å². The number of carbonyl (C=O) groups excluding carboxylic acids is 1. The highest BCUT2D eigenvalue weighted by Crippen LogP contribution is 2.20. The highest BCUT2D eigenvalue weighted by Gasteiger charge is 2.15. The van der Waals surface area contributed by atoms with E-state index in [1.807, 2.05) is 0 Å². The van der Waals surface area contributed by atoms with Crippen molar-refractivity contribution in [2.75, 3.05) is 0 Å². The summed E-state index contributed by atoms with van der Waals surface area (Å²) in [5.41, 5.74) is 0.426. The molecule has 106 valence electrons. The third kappa shape index (κ3) is 3.34. The van der Waals surface area contributed by atoms with Gasteiger partial charge >= 0.3 is 5.97 Å². The van der Waals surface area contributed by atoms with Gasteiger partial charge in [-0.05, 0) is 37.6 Å². The third-order valence-electron chi connectivity index (χ3n) is 2.87. The quantitative estimate of drug-likeness (QED) is 0.881. The molecule has 2 aromatic rings. The summed E-state index contributed by atoms with van der Waals surface area (Å²) in [4.78, 5) is 22.4. The number of carboxylic acid groups (broad SMARTS) is 1. The minimum absolute atomic E-state index is 0.0210. The molecule has 5 nitrogen and oxygen atoms in total. The van der Waals surface area contributed by atoms with Crippen molar-refractivity contribution < 1.29 is 23.5 Å². The van der Waals surface area contributed by atoms with Crippen molar-refractivity contribution in [2.24, 2.45) is 0 Å². The summed E-state index contributed by atoms with van der Waals surface area (Å²) in [6.07, 6.45) is 0.308. The molecule has 0 aliphatic heterocycles. The number of rotatable bonds is 5. The number of nitrogens with one attached hydrogen (secondary N) is 1. The van der Waals surface area contributed by atoms with E-state index in [4.69, 9.17) is 9.52 Å². The van der Waals surface area contributed by atoms with E-state index in [2.05, 4.69) is 5.32 Å². The Kier molecular flexibility index (Phi) is 4.02. The molecule has 0 aliphatic rings. The molecule has 0 aliphatic carbocycles. The lowest BCUT2D eigenvalue weighted by Crippen LogP contribution is -2.32. The molecule has 1 amide bonds. The number of hydrogen-bond acceptors (Lipinski definition) is 3. The fourth-order valence-corrected chi connectivity index (χ4v) is 1.83. The van der Waals surface area contributed by atoms with Gasteiger partial charge in [0.15, 0.2) is 5.76 Å². The van der Waals surface area contributed by atoms with Gasteiger partial charge < -0.3 is 14.8 Å². The van der Waals surface area contributed by atoms with Crippen molar-refractivity contribution in [1.82, 2.24) is 5.32 Å². The van der Waals surface area contributed by atoms with Gasteiger partial charge in [-0.25, -0.2) is 4.39 Å². The number of halogens is 1. The van der Waals surface area contributed by atoms with E-state index < -0.39 is 17.7 Å².